The number of hydrogen-bond donors (Lipinski definition) is 0. The van der Waals surface area contributed by atoms with Crippen molar-refractivity contribution in [1.82, 2.24) is 9.97 Å². The fourth-order valence-corrected chi connectivity index (χ4v) is 2.21. The molecule has 5 heteroatoms. The minimum Gasteiger partial charge on any atom is -0.353 e. The molecule has 0 N–H and O–H groups in total. The van der Waals surface area contributed by atoms with E-state index in [1.807, 2.05) is 44.3 Å². The van der Waals surface area contributed by atoms with Gasteiger partial charge in [0, 0.05) is 23.8 Å². The predicted molar refractivity (Wildman–Crippen MR) is 80.0 cm³/mol. The molecule has 0 saturated heterocycles. The van der Waals surface area contributed by atoms with Gasteiger partial charge in [-0.1, -0.05) is 23.7 Å². The Morgan fingerprint density at radius 1 is 1.11 bits per heavy atom. The minimum absolute atomic E-state index is 0.169. The van der Waals surface area contributed by atoms with Crippen LogP contribution >= 0.6 is 23.2 Å². The van der Waals surface area contributed by atoms with Crippen LogP contribution in [0, 0.1) is 6.92 Å². The zero-order chi connectivity index (χ0) is 14.0. The molecule has 0 saturated carbocycles. The lowest BCUT2D eigenvalue weighted by Gasteiger charge is -2.26. The molecule has 0 bridgehead atoms. The highest BCUT2D eigenvalue weighted by Crippen LogP contribution is 2.25. The standard InChI is InChI=1S/C14H15Cl2N3/c1-9-8-13(18-14(16)17-9)19(3)10(2)11-4-6-12(15)7-5-11/h4-8,10H,1-3H3. The Labute approximate surface area is 123 Å². The Kier molecular flexibility index (Phi) is 4.27. The second kappa shape index (κ2) is 5.76. The van der Waals surface area contributed by atoms with Crippen LogP contribution in [0.3, 0.4) is 0 Å². The number of anilines is 1. The molecule has 1 aromatic heterocycles. The van der Waals surface area contributed by atoms with Crippen molar-refractivity contribution in [2.24, 2.45) is 0 Å². The molecular weight excluding hydrogens is 281 g/mol. The summed E-state index contributed by atoms with van der Waals surface area (Å²) in [7, 11) is 1.98. The van der Waals surface area contributed by atoms with Gasteiger partial charge in [-0.3, -0.25) is 0 Å². The zero-order valence-corrected chi connectivity index (χ0v) is 12.6. The summed E-state index contributed by atoms with van der Waals surface area (Å²) >= 11 is 11.8. The van der Waals surface area contributed by atoms with Crippen molar-refractivity contribution >= 4 is 29.0 Å². The second-order valence-corrected chi connectivity index (χ2v) is 5.25. The smallest absolute Gasteiger partial charge is 0.224 e. The molecule has 0 radical (unpaired) electrons. The normalized spacial score (nSPS) is 12.3. The summed E-state index contributed by atoms with van der Waals surface area (Å²) in [6, 6.07) is 9.89. The Bertz CT molecular complexity index is 549. The number of aryl methyl sites for hydroxylation is 1. The van der Waals surface area contributed by atoms with E-state index in [9.17, 15) is 0 Å². The summed E-state index contributed by atoms with van der Waals surface area (Å²) in [4.78, 5) is 10.4. The number of benzene rings is 1. The van der Waals surface area contributed by atoms with E-state index in [1.54, 1.807) is 0 Å². The maximum Gasteiger partial charge on any atom is 0.224 e. The van der Waals surface area contributed by atoms with Gasteiger partial charge in [0.25, 0.3) is 0 Å². The number of nitrogens with zero attached hydrogens (tertiary/aromatic N) is 3. The quantitative estimate of drug-likeness (QED) is 0.791. The van der Waals surface area contributed by atoms with Crippen molar-refractivity contribution in [1.29, 1.82) is 0 Å². The topological polar surface area (TPSA) is 29.0 Å². The van der Waals surface area contributed by atoms with E-state index in [0.29, 0.717) is 0 Å². The van der Waals surface area contributed by atoms with E-state index in [1.165, 1.54) is 5.56 Å². The van der Waals surface area contributed by atoms with Crippen molar-refractivity contribution in [2.75, 3.05) is 11.9 Å². The molecule has 0 aliphatic rings. The van der Waals surface area contributed by atoms with E-state index in [0.717, 1.165) is 16.5 Å². The first kappa shape index (κ1) is 14.1. The SMILES string of the molecule is Cc1cc(N(C)C(C)c2ccc(Cl)cc2)nc(Cl)n1. The molecule has 1 aromatic carbocycles. The van der Waals surface area contributed by atoms with Crippen LogP contribution in [0.25, 0.3) is 0 Å². The molecule has 0 spiro atoms. The molecule has 0 aliphatic carbocycles. The van der Waals surface area contributed by atoms with Crippen LogP contribution in [-0.4, -0.2) is 17.0 Å². The molecule has 100 valence electrons. The van der Waals surface area contributed by atoms with Crippen LogP contribution in [0.5, 0.6) is 0 Å². The van der Waals surface area contributed by atoms with Crippen LogP contribution in [0.1, 0.15) is 24.2 Å². The van der Waals surface area contributed by atoms with Crippen molar-refractivity contribution in [3.8, 4) is 0 Å². The van der Waals surface area contributed by atoms with Crippen molar-refractivity contribution in [2.45, 2.75) is 19.9 Å². The van der Waals surface area contributed by atoms with E-state index in [4.69, 9.17) is 23.2 Å². The van der Waals surface area contributed by atoms with Gasteiger partial charge in [0.1, 0.15) is 5.82 Å². The summed E-state index contributed by atoms with van der Waals surface area (Å²) < 4.78 is 0. The maximum absolute atomic E-state index is 5.90. The lowest BCUT2D eigenvalue weighted by Crippen LogP contribution is -2.23. The molecule has 1 heterocycles. The van der Waals surface area contributed by atoms with Crippen LogP contribution in [0.15, 0.2) is 30.3 Å². The lowest BCUT2D eigenvalue weighted by molar-refractivity contribution is 0.726. The average Bonchev–Trinajstić information content (AvgIpc) is 2.37. The molecule has 1 unspecified atom stereocenters. The summed E-state index contributed by atoms with van der Waals surface area (Å²) in [5.74, 6) is 0.806. The molecule has 2 aromatic rings. The number of halogens is 2. The third-order valence-electron chi connectivity index (χ3n) is 3.11. The van der Waals surface area contributed by atoms with Gasteiger partial charge in [0.05, 0.1) is 6.04 Å². The van der Waals surface area contributed by atoms with Gasteiger partial charge in [-0.2, -0.15) is 0 Å². The highest BCUT2D eigenvalue weighted by Gasteiger charge is 2.14. The Balaban J connectivity index is 2.27. The first-order valence-corrected chi connectivity index (χ1v) is 6.72. The van der Waals surface area contributed by atoms with Crippen LogP contribution in [-0.2, 0) is 0 Å². The maximum atomic E-state index is 5.90. The van der Waals surface area contributed by atoms with E-state index < -0.39 is 0 Å². The fraction of sp³-hybridized carbons (Fsp3) is 0.286. The first-order valence-electron chi connectivity index (χ1n) is 5.97. The fourth-order valence-electron chi connectivity index (χ4n) is 1.86. The van der Waals surface area contributed by atoms with E-state index in [2.05, 4.69) is 21.8 Å². The van der Waals surface area contributed by atoms with Gasteiger partial charge < -0.3 is 4.90 Å². The Hall–Kier alpha value is -1.32. The van der Waals surface area contributed by atoms with Gasteiger partial charge in [-0.15, -0.1) is 0 Å². The molecule has 19 heavy (non-hydrogen) atoms. The molecule has 0 aliphatic heterocycles. The third-order valence-corrected chi connectivity index (χ3v) is 3.53. The number of aromatic nitrogens is 2. The Morgan fingerprint density at radius 3 is 2.32 bits per heavy atom. The van der Waals surface area contributed by atoms with Gasteiger partial charge in [0.2, 0.25) is 5.28 Å². The lowest BCUT2D eigenvalue weighted by atomic mass is 10.1. The number of hydrogen-bond acceptors (Lipinski definition) is 3. The van der Waals surface area contributed by atoms with Crippen LogP contribution < -0.4 is 4.90 Å². The third kappa shape index (κ3) is 3.37. The molecule has 0 amide bonds. The average molecular weight is 296 g/mol. The van der Waals surface area contributed by atoms with Crippen molar-refractivity contribution in [3.05, 3.63) is 51.9 Å². The van der Waals surface area contributed by atoms with Crippen molar-refractivity contribution in [3.63, 3.8) is 0 Å². The van der Waals surface area contributed by atoms with E-state index in [-0.39, 0.29) is 11.3 Å². The van der Waals surface area contributed by atoms with Gasteiger partial charge >= 0.3 is 0 Å². The molecule has 2 rings (SSSR count). The molecular formula is C14H15Cl2N3. The zero-order valence-electron chi connectivity index (χ0n) is 11.1. The summed E-state index contributed by atoms with van der Waals surface area (Å²) in [6.45, 7) is 4.01. The van der Waals surface area contributed by atoms with Gasteiger partial charge in [-0.25, -0.2) is 9.97 Å². The van der Waals surface area contributed by atoms with Crippen LogP contribution in [0.4, 0.5) is 5.82 Å². The highest BCUT2D eigenvalue weighted by atomic mass is 35.5. The Morgan fingerprint density at radius 2 is 1.74 bits per heavy atom. The summed E-state index contributed by atoms with van der Waals surface area (Å²) in [5.41, 5.74) is 2.02. The van der Waals surface area contributed by atoms with Crippen molar-refractivity contribution < 1.29 is 0 Å². The molecule has 3 nitrogen and oxygen atoms in total. The second-order valence-electron chi connectivity index (χ2n) is 4.47. The molecule has 1 atom stereocenters. The predicted octanol–water partition coefficient (Wildman–Crippen LogP) is 4.29. The highest BCUT2D eigenvalue weighted by molar-refractivity contribution is 6.30. The van der Waals surface area contributed by atoms with E-state index >= 15 is 0 Å². The molecule has 0 fully saturated rings. The monoisotopic (exact) mass is 295 g/mol. The van der Waals surface area contributed by atoms with Gasteiger partial charge in [-0.05, 0) is 43.1 Å². The van der Waals surface area contributed by atoms with Crippen LogP contribution in [0.2, 0.25) is 10.3 Å². The minimum atomic E-state index is 0.169. The summed E-state index contributed by atoms with van der Waals surface area (Å²) in [5, 5.41) is 1.00. The van der Waals surface area contributed by atoms with Gasteiger partial charge in [0.15, 0.2) is 0 Å². The number of rotatable bonds is 3. The summed E-state index contributed by atoms with van der Waals surface area (Å²) in [6.07, 6.45) is 0. The first-order chi connectivity index (χ1) is 8.97. The largest absolute Gasteiger partial charge is 0.353 e.